The molecule has 0 atom stereocenters. The highest BCUT2D eigenvalue weighted by Gasteiger charge is 2.17. The van der Waals surface area contributed by atoms with E-state index in [1.54, 1.807) is 0 Å². The molecule has 0 aliphatic carbocycles. The molecule has 0 aliphatic rings. The van der Waals surface area contributed by atoms with Crippen LogP contribution in [-0.4, -0.2) is 28.6 Å². The average Bonchev–Trinajstić information content (AvgIpc) is 2.38. The predicted octanol–water partition coefficient (Wildman–Crippen LogP) is 1.02. The number of nitrogens with one attached hydrogen (secondary N) is 1. The molecule has 20 heavy (non-hydrogen) atoms. The van der Waals surface area contributed by atoms with Crippen LogP contribution < -0.4 is 17.0 Å². The Labute approximate surface area is 118 Å². The van der Waals surface area contributed by atoms with Crippen molar-refractivity contribution in [3.05, 3.63) is 35.9 Å². The van der Waals surface area contributed by atoms with Gasteiger partial charge >= 0.3 is 12.1 Å². The first-order valence-electron chi connectivity index (χ1n) is 6.34. The van der Waals surface area contributed by atoms with Crippen molar-refractivity contribution in [2.24, 2.45) is 17.5 Å². The fourth-order valence-corrected chi connectivity index (χ4v) is 1.59. The molecule has 0 unspecified atom stereocenters. The SMILES string of the molecule is CC(C)CN(NC(=O)N(N)Cc1ccccc1)C(N)=O. The number of nitrogens with zero attached hydrogens (tertiary/aromatic N) is 2. The van der Waals surface area contributed by atoms with E-state index in [2.05, 4.69) is 5.43 Å². The lowest BCUT2D eigenvalue weighted by molar-refractivity contribution is 0.144. The number of hydrogen-bond donors (Lipinski definition) is 3. The Hall–Kier alpha value is -2.28. The van der Waals surface area contributed by atoms with Gasteiger partial charge in [0.05, 0.1) is 6.54 Å². The number of primary amides is 1. The van der Waals surface area contributed by atoms with Gasteiger partial charge in [-0.1, -0.05) is 44.2 Å². The van der Waals surface area contributed by atoms with Gasteiger partial charge in [0.2, 0.25) is 0 Å². The summed E-state index contributed by atoms with van der Waals surface area (Å²) in [6.45, 7) is 4.37. The first-order chi connectivity index (χ1) is 9.40. The molecule has 110 valence electrons. The maximum Gasteiger partial charge on any atom is 0.350 e. The van der Waals surface area contributed by atoms with Crippen LogP contribution in [0.1, 0.15) is 19.4 Å². The van der Waals surface area contributed by atoms with Crippen LogP contribution in [0.2, 0.25) is 0 Å². The van der Waals surface area contributed by atoms with Crippen molar-refractivity contribution in [2.45, 2.75) is 20.4 Å². The second kappa shape index (κ2) is 7.34. The molecule has 4 amide bonds. The van der Waals surface area contributed by atoms with E-state index in [0.717, 1.165) is 15.6 Å². The van der Waals surface area contributed by atoms with Gasteiger partial charge in [-0.25, -0.2) is 25.9 Å². The van der Waals surface area contributed by atoms with Crippen molar-refractivity contribution in [1.82, 2.24) is 15.4 Å². The zero-order valence-corrected chi connectivity index (χ0v) is 11.7. The lowest BCUT2D eigenvalue weighted by Gasteiger charge is -2.26. The van der Waals surface area contributed by atoms with E-state index in [1.165, 1.54) is 0 Å². The molecule has 7 nitrogen and oxygen atoms in total. The van der Waals surface area contributed by atoms with Crippen LogP contribution in [0.5, 0.6) is 0 Å². The maximum absolute atomic E-state index is 11.9. The minimum absolute atomic E-state index is 0.170. The first kappa shape index (κ1) is 15.8. The Bertz CT molecular complexity index is 449. The van der Waals surface area contributed by atoms with Gasteiger partial charge in [0, 0.05) is 6.54 Å². The van der Waals surface area contributed by atoms with E-state index in [-0.39, 0.29) is 12.5 Å². The van der Waals surface area contributed by atoms with E-state index < -0.39 is 12.1 Å². The van der Waals surface area contributed by atoms with E-state index in [4.69, 9.17) is 11.6 Å². The Balaban J connectivity index is 2.57. The third-order valence-electron chi connectivity index (χ3n) is 2.50. The normalized spacial score (nSPS) is 10.2. The first-order valence-corrected chi connectivity index (χ1v) is 6.34. The van der Waals surface area contributed by atoms with Crippen LogP contribution in [-0.2, 0) is 6.54 Å². The Morgan fingerprint density at radius 3 is 2.35 bits per heavy atom. The molecule has 7 heteroatoms. The lowest BCUT2D eigenvalue weighted by Crippen LogP contribution is -2.55. The summed E-state index contributed by atoms with van der Waals surface area (Å²) in [5.74, 6) is 5.84. The molecular weight excluding hydrogens is 258 g/mol. The standard InChI is InChI=1S/C13H21N5O2/c1-10(2)8-18(12(14)19)16-13(20)17(15)9-11-6-4-3-5-7-11/h3-7,10H,8-9,15H2,1-2H3,(H2,14,19)(H,16,20). The molecule has 0 saturated heterocycles. The number of amides is 4. The van der Waals surface area contributed by atoms with Crippen molar-refractivity contribution in [2.75, 3.05) is 6.54 Å². The summed E-state index contributed by atoms with van der Waals surface area (Å²) in [7, 11) is 0. The van der Waals surface area contributed by atoms with E-state index in [9.17, 15) is 9.59 Å². The summed E-state index contributed by atoms with van der Waals surface area (Å²) in [5, 5.41) is 2.05. The van der Waals surface area contributed by atoms with Crippen molar-refractivity contribution in [3.8, 4) is 0 Å². The smallest absolute Gasteiger partial charge is 0.350 e. The van der Waals surface area contributed by atoms with Gasteiger partial charge in [0.1, 0.15) is 0 Å². The summed E-state index contributed by atoms with van der Waals surface area (Å²) in [6, 6.07) is 7.99. The van der Waals surface area contributed by atoms with Crippen LogP contribution in [0, 0.1) is 5.92 Å². The molecule has 0 saturated carbocycles. The third kappa shape index (κ3) is 5.15. The molecule has 0 aromatic heterocycles. The number of hydrogen-bond acceptors (Lipinski definition) is 3. The summed E-state index contributed by atoms with van der Waals surface area (Å²) >= 11 is 0. The summed E-state index contributed by atoms with van der Waals surface area (Å²) < 4.78 is 0. The Kier molecular flexibility index (Phi) is 5.79. The lowest BCUT2D eigenvalue weighted by atomic mass is 10.2. The summed E-state index contributed by atoms with van der Waals surface area (Å²) in [6.07, 6.45) is 0. The molecule has 0 bridgehead atoms. The molecule has 1 aromatic carbocycles. The second-order valence-electron chi connectivity index (χ2n) is 4.87. The molecule has 0 fully saturated rings. The zero-order chi connectivity index (χ0) is 15.1. The van der Waals surface area contributed by atoms with Crippen molar-refractivity contribution in [1.29, 1.82) is 0 Å². The van der Waals surface area contributed by atoms with Crippen LogP contribution in [0.4, 0.5) is 9.59 Å². The molecule has 0 radical (unpaired) electrons. The minimum Gasteiger partial charge on any atom is -0.350 e. The molecular formula is C13H21N5O2. The molecule has 0 aliphatic heterocycles. The number of rotatable bonds is 4. The highest BCUT2D eigenvalue weighted by Crippen LogP contribution is 2.02. The van der Waals surface area contributed by atoms with E-state index in [1.807, 2.05) is 44.2 Å². The summed E-state index contributed by atoms with van der Waals surface area (Å²) in [4.78, 5) is 23.1. The third-order valence-corrected chi connectivity index (χ3v) is 2.50. The minimum atomic E-state index is -0.722. The number of urea groups is 2. The van der Waals surface area contributed by atoms with Gasteiger partial charge in [0.15, 0.2) is 0 Å². The second-order valence-corrected chi connectivity index (χ2v) is 4.87. The summed E-state index contributed by atoms with van der Waals surface area (Å²) in [5.41, 5.74) is 8.48. The molecule has 0 spiro atoms. The number of nitrogens with two attached hydrogens (primary N) is 2. The molecule has 1 rings (SSSR count). The van der Waals surface area contributed by atoms with Crippen molar-refractivity contribution < 1.29 is 9.59 Å². The van der Waals surface area contributed by atoms with Gasteiger partial charge < -0.3 is 5.73 Å². The van der Waals surface area contributed by atoms with Crippen LogP contribution >= 0.6 is 0 Å². The topological polar surface area (TPSA) is 105 Å². The largest absolute Gasteiger partial charge is 0.350 e. The molecule has 0 heterocycles. The number of carbonyl (C=O) groups is 2. The average molecular weight is 279 g/mol. The monoisotopic (exact) mass is 279 g/mol. The highest BCUT2D eigenvalue weighted by atomic mass is 16.2. The fraction of sp³-hybridized carbons (Fsp3) is 0.385. The van der Waals surface area contributed by atoms with Crippen molar-refractivity contribution in [3.63, 3.8) is 0 Å². The number of carbonyl (C=O) groups excluding carboxylic acids is 2. The van der Waals surface area contributed by atoms with Crippen molar-refractivity contribution >= 4 is 12.1 Å². The van der Waals surface area contributed by atoms with Gasteiger partial charge in [-0.3, -0.25) is 5.01 Å². The predicted molar refractivity (Wildman–Crippen MR) is 75.8 cm³/mol. The number of hydrazine groups is 2. The fourth-order valence-electron chi connectivity index (χ4n) is 1.59. The van der Waals surface area contributed by atoms with Gasteiger partial charge in [0.25, 0.3) is 0 Å². The van der Waals surface area contributed by atoms with Gasteiger partial charge in [-0.2, -0.15) is 0 Å². The zero-order valence-electron chi connectivity index (χ0n) is 11.7. The number of benzene rings is 1. The van der Waals surface area contributed by atoms with Gasteiger partial charge in [-0.15, -0.1) is 0 Å². The highest BCUT2D eigenvalue weighted by molar-refractivity contribution is 5.79. The Morgan fingerprint density at radius 1 is 1.25 bits per heavy atom. The van der Waals surface area contributed by atoms with E-state index in [0.29, 0.717) is 6.54 Å². The van der Waals surface area contributed by atoms with Crippen LogP contribution in [0.25, 0.3) is 0 Å². The molecule has 5 N–H and O–H groups in total. The maximum atomic E-state index is 11.9. The van der Waals surface area contributed by atoms with Crippen LogP contribution in [0.3, 0.4) is 0 Å². The van der Waals surface area contributed by atoms with Crippen LogP contribution in [0.15, 0.2) is 30.3 Å². The van der Waals surface area contributed by atoms with E-state index >= 15 is 0 Å². The quantitative estimate of drug-likeness (QED) is 0.435. The molecule has 1 aromatic rings. The Morgan fingerprint density at radius 2 is 1.85 bits per heavy atom. The van der Waals surface area contributed by atoms with Gasteiger partial charge in [-0.05, 0) is 11.5 Å².